The van der Waals surface area contributed by atoms with Crippen LogP contribution in [0.2, 0.25) is 0 Å². The summed E-state index contributed by atoms with van der Waals surface area (Å²) in [6, 6.07) is 16.7. The highest BCUT2D eigenvalue weighted by Gasteiger charge is 2.17. The largest absolute Gasteiger partial charge is 0.354 e. The van der Waals surface area contributed by atoms with Gasteiger partial charge >= 0.3 is 0 Å². The molecule has 2 aromatic carbocycles. The molecule has 0 aliphatic heterocycles. The van der Waals surface area contributed by atoms with E-state index in [0.717, 1.165) is 16.9 Å². The molecule has 3 rings (SSSR count). The van der Waals surface area contributed by atoms with Crippen LogP contribution in [0.5, 0.6) is 0 Å². The zero-order chi connectivity index (χ0) is 14.8. The summed E-state index contributed by atoms with van der Waals surface area (Å²) in [7, 11) is 1.68. The van der Waals surface area contributed by atoms with Crippen molar-refractivity contribution < 1.29 is 4.79 Å². The third-order valence-corrected chi connectivity index (χ3v) is 4.84. The highest BCUT2D eigenvalue weighted by Crippen LogP contribution is 2.32. The molecule has 0 fully saturated rings. The van der Waals surface area contributed by atoms with Crippen LogP contribution in [0.3, 0.4) is 0 Å². The number of fused-ring (bicyclic) bond motifs is 1. The Morgan fingerprint density at radius 3 is 2.52 bits per heavy atom. The average molecular weight is 295 g/mol. The summed E-state index contributed by atoms with van der Waals surface area (Å²) in [5, 5.41) is 3.93. The summed E-state index contributed by atoms with van der Waals surface area (Å²) in [6.07, 6.45) is 0.785. The molecule has 3 heteroatoms. The summed E-state index contributed by atoms with van der Waals surface area (Å²) >= 11 is 1.57. The number of rotatable bonds is 3. The fourth-order valence-corrected chi connectivity index (χ4v) is 3.65. The third-order valence-electron chi connectivity index (χ3n) is 3.63. The molecule has 0 atom stereocenters. The van der Waals surface area contributed by atoms with Crippen LogP contribution in [0, 0.1) is 6.92 Å². The Hall–Kier alpha value is -2.13. The van der Waals surface area contributed by atoms with Crippen LogP contribution in [0.25, 0.3) is 10.1 Å². The van der Waals surface area contributed by atoms with Crippen LogP contribution in [-0.4, -0.2) is 13.0 Å². The van der Waals surface area contributed by atoms with Crippen molar-refractivity contribution in [3.05, 3.63) is 70.1 Å². The van der Waals surface area contributed by atoms with Gasteiger partial charge in [0.05, 0.1) is 4.88 Å². The topological polar surface area (TPSA) is 29.1 Å². The zero-order valence-electron chi connectivity index (χ0n) is 12.1. The molecule has 0 spiro atoms. The third kappa shape index (κ3) is 2.69. The van der Waals surface area contributed by atoms with E-state index >= 15 is 0 Å². The van der Waals surface area contributed by atoms with E-state index in [1.807, 2.05) is 12.1 Å². The molecular formula is C18H17NOS. The highest BCUT2D eigenvalue weighted by atomic mass is 32.1. The number of carbonyl (C=O) groups is 1. The molecule has 0 saturated carbocycles. The number of hydrogen-bond acceptors (Lipinski definition) is 2. The fraction of sp³-hybridized carbons (Fsp3) is 0.167. The van der Waals surface area contributed by atoms with Gasteiger partial charge in [-0.25, -0.2) is 0 Å². The Kier molecular flexibility index (Phi) is 3.76. The molecule has 3 aromatic rings. The predicted molar refractivity (Wildman–Crippen MR) is 89.2 cm³/mol. The lowest BCUT2D eigenvalue weighted by atomic mass is 10.0. The van der Waals surface area contributed by atoms with E-state index in [1.54, 1.807) is 18.4 Å². The van der Waals surface area contributed by atoms with Crippen molar-refractivity contribution >= 4 is 27.3 Å². The van der Waals surface area contributed by atoms with Crippen molar-refractivity contribution in [2.75, 3.05) is 7.05 Å². The number of aryl methyl sites for hydroxylation is 1. The summed E-state index contributed by atoms with van der Waals surface area (Å²) in [5.41, 5.74) is 3.61. The number of nitrogens with one attached hydrogen (secondary N) is 1. The van der Waals surface area contributed by atoms with Gasteiger partial charge in [0, 0.05) is 11.7 Å². The van der Waals surface area contributed by atoms with Gasteiger partial charge in [-0.05, 0) is 35.9 Å². The van der Waals surface area contributed by atoms with Crippen LogP contribution >= 0.6 is 11.3 Å². The summed E-state index contributed by atoms with van der Waals surface area (Å²) in [5.74, 6) is -0.00156. The number of benzene rings is 2. The second-order valence-electron chi connectivity index (χ2n) is 5.15. The second kappa shape index (κ2) is 5.70. The molecule has 0 aliphatic rings. The molecule has 0 bridgehead atoms. The first-order chi connectivity index (χ1) is 10.2. The summed E-state index contributed by atoms with van der Waals surface area (Å²) in [6.45, 7) is 2.08. The maximum Gasteiger partial charge on any atom is 0.261 e. The molecule has 1 N–H and O–H groups in total. The molecule has 0 radical (unpaired) electrons. The summed E-state index contributed by atoms with van der Waals surface area (Å²) < 4.78 is 1.17. The molecular weight excluding hydrogens is 278 g/mol. The maximum atomic E-state index is 12.1. The molecule has 2 nitrogen and oxygen atoms in total. The molecule has 1 heterocycles. The zero-order valence-corrected chi connectivity index (χ0v) is 13.0. The smallest absolute Gasteiger partial charge is 0.261 e. The lowest BCUT2D eigenvalue weighted by Crippen LogP contribution is -2.17. The van der Waals surface area contributed by atoms with Crippen LogP contribution in [0.1, 0.15) is 26.4 Å². The van der Waals surface area contributed by atoms with E-state index in [9.17, 15) is 4.79 Å². The Bertz CT molecular complexity index is 787. The molecule has 1 aromatic heterocycles. The molecule has 0 unspecified atom stereocenters. The van der Waals surface area contributed by atoms with E-state index in [4.69, 9.17) is 0 Å². The van der Waals surface area contributed by atoms with Gasteiger partial charge in [0.2, 0.25) is 0 Å². The van der Waals surface area contributed by atoms with E-state index < -0.39 is 0 Å². The monoisotopic (exact) mass is 295 g/mol. The van der Waals surface area contributed by atoms with Crippen LogP contribution < -0.4 is 5.32 Å². The molecule has 0 saturated heterocycles. The van der Waals surface area contributed by atoms with Gasteiger partial charge in [-0.3, -0.25) is 4.79 Å². The van der Waals surface area contributed by atoms with E-state index in [-0.39, 0.29) is 5.91 Å². The Labute approximate surface area is 128 Å². The van der Waals surface area contributed by atoms with Gasteiger partial charge in [0.25, 0.3) is 5.91 Å². The lowest BCUT2D eigenvalue weighted by molar-refractivity contribution is 0.0966. The van der Waals surface area contributed by atoms with Crippen molar-refractivity contribution in [1.82, 2.24) is 5.32 Å². The molecule has 1 amide bonds. The van der Waals surface area contributed by atoms with Gasteiger partial charge in [0.15, 0.2) is 0 Å². The van der Waals surface area contributed by atoms with Crippen LogP contribution in [-0.2, 0) is 6.42 Å². The predicted octanol–water partition coefficient (Wildman–Crippen LogP) is 4.16. The van der Waals surface area contributed by atoms with Crippen molar-refractivity contribution in [2.24, 2.45) is 0 Å². The van der Waals surface area contributed by atoms with Crippen molar-refractivity contribution in [1.29, 1.82) is 0 Å². The van der Waals surface area contributed by atoms with Gasteiger partial charge in [0.1, 0.15) is 0 Å². The van der Waals surface area contributed by atoms with E-state index in [2.05, 4.69) is 48.6 Å². The van der Waals surface area contributed by atoms with E-state index in [0.29, 0.717) is 0 Å². The quantitative estimate of drug-likeness (QED) is 0.772. The molecule has 21 heavy (non-hydrogen) atoms. The van der Waals surface area contributed by atoms with Gasteiger partial charge in [-0.2, -0.15) is 0 Å². The maximum absolute atomic E-state index is 12.1. The number of thiophene rings is 1. The Morgan fingerprint density at radius 2 is 1.81 bits per heavy atom. The minimum atomic E-state index is -0.00156. The average Bonchev–Trinajstić information content (AvgIpc) is 2.88. The summed E-state index contributed by atoms with van der Waals surface area (Å²) in [4.78, 5) is 13.0. The van der Waals surface area contributed by atoms with Crippen molar-refractivity contribution in [3.63, 3.8) is 0 Å². The van der Waals surface area contributed by atoms with Crippen LogP contribution in [0.15, 0.2) is 48.5 Å². The second-order valence-corrected chi connectivity index (χ2v) is 6.20. The Balaban J connectivity index is 2.10. The SMILES string of the molecule is CNC(=O)c1sc2ccccc2c1Cc1ccc(C)cc1. The number of amides is 1. The minimum absolute atomic E-state index is 0.00156. The standard InChI is InChI=1S/C18H17NOS/c1-12-7-9-13(10-8-12)11-15-14-5-3-4-6-16(14)21-17(15)18(20)19-2/h3-10H,11H2,1-2H3,(H,19,20). The lowest BCUT2D eigenvalue weighted by Gasteiger charge is -2.05. The fourth-order valence-electron chi connectivity index (χ4n) is 2.48. The molecule has 0 aliphatic carbocycles. The van der Waals surface area contributed by atoms with Gasteiger partial charge in [-0.15, -0.1) is 11.3 Å². The normalized spacial score (nSPS) is 10.8. The van der Waals surface area contributed by atoms with E-state index in [1.165, 1.54) is 21.2 Å². The van der Waals surface area contributed by atoms with Crippen LogP contribution in [0.4, 0.5) is 0 Å². The number of hydrogen-bond donors (Lipinski definition) is 1. The Morgan fingerprint density at radius 1 is 1.10 bits per heavy atom. The number of carbonyl (C=O) groups excluding carboxylic acids is 1. The van der Waals surface area contributed by atoms with Gasteiger partial charge < -0.3 is 5.32 Å². The highest BCUT2D eigenvalue weighted by molar-refractivity contribution is 7.21. The van der Waals surface area contributed by atoms with Crippen molar-refractivity contribution in [3.8, 4) is 0 Å². The molecule has 106 valence electrons. The minimum Gasteiger partial charge on any atom is -0.354 e. The first-order valence-electron chi connectivity index (χ1n) is 6.97. The van der Waals surface area contributed by atoms with Crippen molar-refractivity contribution in [2.45, 2.75) is 13.3 Å². The first-order valence-corrected chi connectivity index (χ1v) is 7.78. The first kappa shape index (κ1) is 13.8. The van der Waals surface area contributed by atoms with Gasteiger partial charge in [-0.1, -0.05) is 48.0 Å².